The molecule has 5 nitrogen and oxygen atoms in total. The van der Waals surface area contributed by atoms with E-state index in [1.165, 1.54) is 11.3 Å². The number of hydrogen-bond donors (Lipinski definition) is 3. The molecule has 1 atom stereocenters. The van der Waals surface area contributed by atoms with Gasteiger partial charge in [0.1, 0.15) is 0 Å². The van der Waals surface area contributed by atoms with Crippen LogP contribution in [0.3, 0.4) is 0 Å². The smallest absolute Gasteiger partial charge is 0.309 e. The molecular formula is C14H22N2O3S. The van der Waals surface area contributed by atoms with E-state index in [1.54, 1.807) is 6.92 Å². The molecule has 0 spiro atoms. The highest BCUT2D eigenvalue weighted by Crippen LogP contribution is 2.22. The zero-order valence-electron chi connectivity index (χ0n) is 12.3. The lowest BCUT2D eigenvalue weighted by Gasteiger charge is -2.19. The third-order valence-corrected chi connectivity index (χ3v) is 3.76. The van der Waals surface area contributed by atoms with Gasteiger partial charge in [-0.15, -0.1) is 11.3 Å². The van der Waals surface area contributed by atoms with E-state index in [-0.39, 0.29) is 0 Å². The first kappa shape index (κ1) is 16.7. The SMILES string of the molecule is C[C@H](O)c1ccc(CCNC(=O)C(=O)NC(C)(C)C)s1. The van der Waals surface area contributed by atoms with Crippen LogP contribution in [0.5, 0.6) is 0 Å². The number of aliphatic hydroxyl groups excluding tert-OH is 1. The monoisotopic (exact) mass is 298 g/mol. The average Bonchev–Trinajstić information content (AvgIpc) is 2.75. The van der Waals surface area contributed by atoms with E-state index < -0.39 is 23.5 Å². The summed E-state index contributed by atoms with van der Waals surface area (Å²) < 4.78 is 0. The van der Waals surface area contributed by atoms with Gasteiger partial charge in [0.05, 0.1) is 6.10 Å². The first-order chi connectivity index (χ1) is 9.19. The van der Waals surface area contributed by atoms with Crippen LogP contribution >= 0.6 is 11.3 Å². The van der Waals surface area contributed by atoms with E-state index >= 15 is 0 Å². The molecule has 1 rings (SSSR count). The van der Waals surface area contributed by atoms with Crippen molar-refractivity contribution in [1.82, 2.24) is 10.6 Å². The van der Waals surface area contributed by atoms with Crippen molar-refractivity contribution >= 4 is 23.2 Å². The number of thiophene rings is 1. The summed E-state index contributed by atoms with van der Waals surface area (Å²) in [6.07, 6.45) is 0.173. The molecule has 1 heterocycles. The minimum atomic E-state index is -0.618. The Hall–Kier alpha value is -1.40. The Balaban J connectivity index is 2.36. The highest BCUT2D eigenvalue weighted by atomic mass is 32.1. The number of hydrogen-bond acceptors (Lipinski definition) is 4. The van der Waals surface area contributed by atoms with Gasteiger partial charge in [-0.2, -0.15) is 0 Å². The van der Waals surface area contributed by atoms with Crippen LogP contribution < -0.4 is 10.6 Å². The minimum absolute atomic E-state index is 0.399. The lowest BCUT2D eigenvalue weighted by molar-refractivity contribution is -0.140. The van der Waals surface area contributed by atoms with Crippen molar-refractivity contribution in [3.8, 4) is 0 Å². The Bertz CT molecular complexity index is 475. The van der Waals surface area contributed by atoms with E-state index in [0.717, 1.165) is 9.75 Å². The molecular weight excluding hydrogens is 276 g/mol. The summed E-state index contributed by atoms with van der Waals surface area (Å²) in [5, 5.41) is 14.6. The van der Waals surface area contributed by atoms with Gasteiger partial charge in [0, 0.05) is 21.8 Å². The minimum Gasteiger partial charge on any atom is -0.388 e. The molecule has 1 aromatic heterocycles. The van der Waals surface area contributed by atoms with Crippen LogP contribution in [0.4, 0.5) is 0 Å². The highest BCUT2D eigenvalue weighted by Gasteiger charge is 2.19. The number of rotatable bonds is 4. The molecule has 2 amide bonds. The molecule has 6 heteroatoms. The summed E-state index contributed by atoms with van der Waals surface area (Å²) in [4.78, 5) is 25.1. The van der Waals surface area contributed by atoms with Gasteiger partial charge in [-0.05, 0) is 46.2 Å². The lowest BCUT2D eigenvalue weighted by atomic mass is 10.1. The Kier molecular flexibility index (Phi) is 5.71. The van der Waals surface area contributed by atoms with Gasteiger partial charge in [0.15, 0.2) is 0 Å². The average molecular weight is 298 g/mol. The van der Waals surface area contributed by atoms with E-state index in [9.17, 15) is 14.7 Å². The van der Waals surface area contributed by atoms with Crippen molar-refractivity contribution in [2.45, 2.75) is 45.8 Å². The Labute approximate surface area is 123 Å². The molecule has 1 aromatic rings. The summed E-state index contributed by atoms with van der Waals surface area (Å²) >= 11 is 1.51. The Morgan fingerprint density at radius 2 is 1.95 bits per heavy atom. The number of carbonyl (C=O) groups excluding carboxylic acids is 2. The number of amides is 2. The normalized spacial score (nSPS) is 12.8. The van der Waals surface area contributed by atoms with E-state index in [2.05, 4.69) is 10.6 Å². The zero-order chi connectivity index (χ0) is 15.3. The summed E-state index contributed by atoms with van der Waals surface area (Å²) in [5.74, 6) is -1.24. The predicted octanol–water partition coefficient (Wildman–Crippen LogP) is 1.37. The Morgan fingerprint density at radius 1 is 1.30 bits per heavy atom. The molecule has 0 radical (unpaired) electrons. The maximum Gasteiger partial charge on any atom is 0.309 e. The quantitative estimate of drug-likeness (QED) is 0.735. The van der Waals surface area contributed by atoms with Crippen molar-refractivity contribution in [2.75, 3.05) is 6.54 Å². The number of nitrogens with one attached hydrogen (secondary N) is 2. The second kappa shape index (κ2) is 6.85. The maximum absolute atomic E-state index is 11.6. The summed E-state index contributed by atoms with van der Waals surface area (Å²) in [6, 6.07) is 3.80. The van der Waals surface area contributed by atoms with Crippen LogP contribution in [0, 0.1) is 0 Å². The molecule has 0 aliphatic rings. The van der Waals surface area contributed by atoms with Gasteiger partial charge in [0.2, 0.25) is 0 Å². The summed E-state index contributed by atoms with van der Waals surface area (Å²) in [6.45, 7) is 7.58. The van der Waals surface area contributed by atoms with Gasteiger partial charge in [0.25, 0.3) is 0 Å². The van der Waals surface area contributed by atoms with Crippen molar-refractivity contribution in [3.05, 3.63) is 21.9 Å². The summed E-state index contributed by atoms with van der Waals surface area (Å²) in [7, 11) is 0. The van der Waals surface area contributed by atoms with Crippen LogP contribution in [0.2, 0.25) is 0 Å². The van der Waals surface area contributed by atoms with Gasteiger partial charge < -0.3 is 15.7 Å². The molecule has 0 aliphatic heterocycles. The predicted molar refractivity (Wildman–Crippen MR) is 79.6 cm³/mol. The highest BCUT2D eigenvalue weighted by molar-refractivity contribution is 7.12. The molecule has 0 bridgehead atoms. The van der Waals surface area contributed by atoms with Crippen LogP contribution in [0.15, 0.2) is 12.1 Å². The van der Waals surface area contributed by atoms with Crippen LogP contribution in [0.1, 0.15) is 43.6 Å². The molecule has 0 aromatic carbocycles. The van der Waals surface area contributed by atoms with Crippen molar-refractivity contribution < 1.29 is 14.7 Å². The Morgan fingerprint density at radius 3 is 2.45 bits per heavy atom. The number of carbonyl (C=O) groups is 2. The van der Waals surface area contributed by atoms with Crippen LogP contribution in [0.25, 0.3) is 0 Å². The summed E-state index contributed by atoms with van der Waals surface area (Å²) in [5.41, 5.74) is -0.422. The maximum atomic E-state index is 11.6. The fraction of sp³-hybridized carbons (Fsp3) is 0.571. The first-order valence-corrected chi connectivity index (χ1v) is 7.38. The fourth-order valence-corrected chi connectivity index (χ4v) is 2.48. The van der Waals surface area contributed by atoms with Crippen molar-refractivity contribution in [2.24, 2.45) is 0 Å². The molecule has 0 aliphatic carbocycles. The molecule has 0 saturated heterocycles. The fourth-order valence-electron chi connectivity index (χ4n) is 1.53. The van der Waals surface area contributed by atoms with Crippen molar-refractivity contribution in [3.63, 3.8) is 0 Å². The van der Waals surface area contributed by atoms with E-state index in [1.807, 2.05) is 32.9 Å². The third-order valence-electron chi connectivity index (χ3n) is 2.45. The van der Waals surface area contributed by atoms with Crippen LogP contribution in [-0.2, 0) is 16.0 Å². The first-order valence-electron chi connectivity index (χ1n) is 6.56. The molecule has 3 N–H and O–H groups in total. The lowest BCUT2D eigenvalue weighted by Crippen LogP contribution is -2.48. The molecule has 0 fully saturated rings. The zero-order valence-corrected chi connectivity index (χ0v) is 13.1. The second-order valence-corrected chi connectivity index (χ2v) is 6.89. The standard InChI is InChI=1S/C14H22N2O3S/c1-9(17)11-6-5-10(20-11)7-8-15-12(18)13(19)16-14(2,3)4/h5-6,9,17H,7-8H2,1-4H3,(H,15,18)(H,16,19)/t9-/m0/s1. The van der Waals surface area contributed by atoms with Gasteiger partial charge >= 0.3 is 11.8 Å². The topological polar surface area (TPSA) is 78.4 Å². The number of aliphatic hydroxyl groups is 1. The van der Waals surface area contributed by atoms with Crippen LogP contribution in [-0.4, -0.2) is 29.0 Å². The van der Waals surface area contributed by atoms with Gasteiger partial charge in [-0.25, -0.2) is 0 Å². The van der Waals surface area contributed by atoms with Gasteiger partial charge in [-0.1, -0.05) is 0 Å². The third kappa shape index (κ3) is 5.71. The largest absolute Gasteiger partial charge is 0.388 e. The van der Waals surface area contributed by atoms with E-state index in [4.69, 9.17) is 0 Å². The molecule has 0 saturated carbocycles. The van der Waals surface area contributed by atoms with Gasteiger partial charge in [-0.3, -0.25) is 9.59 Å². The van der Waals surface area contributed by atoms with E-state index in [0.29, 0.717) is 13.0 Å². The molecule has 112 valence electrons. The molecule has 20 heavy (non-hydrogen) atoms. The molecule has 0 unspecified atom stereocenters. The van der Waals surface area contributed by atoms with Crippen molar-refractivity contribution in [1.29, 1.82) is 0 Å². The second-order valence-electron chi connectivity index (χ2n) is 5.69.